The molecule has 0 aromatic carbocycles. The third kappa shape index (κ3) is 3.45. The minimum absolute atomic E-state index is 0.0776. The molecule has 2 aliphatic heterocycles. The lowest BCUT2D eigenvalue weighted by molar-refractivity contribution is -0.188. The van der Waals surface area contributed by atoms with Crippen molar-refractivity contribution in [3.8, 4) is 0 Å². The number of pyridine rings is 1. The van der Waals surface area contributed by atoms with E-state index >= 15 is 0 Å². The molecule has 0 N–H and O–H groups in total. The van der Waals surface area contributed by atoms with Crippen molar-refractivity contribution in [2.24, 2.45) is 0 Å². The summed E-state index contributed by atoms with van der Waals surface area (Å²) in [5.41, 5.74) is 1.67. The largest absolute Gasteiger partial charge is 0.459 e. The molecule has 1 unspecified atom stereocenters. The molecule has 0 bridgehead atoms. The Labute approximate surface area is 146 Å². The molecule has 25 heavy (non-hydrogen) atoms. The van der Waals surface area contributed by atoms with Crippen LogP contribution in [0.15, 0.2) is 41.0 Å². The van der Waals surface area contributed by atoms with E-state index in [0.29, 0.717) is 32.1 Å². The first-order chi connectivity index (χ1) is 12.1. The van der Waals surface area contributed by atoms with Crippen molar-refractivity contribution in [3.05, 3.63) is 53.7 Å². The van der Waals surface area contributed by atoms with Crippen molar-refractivity contribution >= 4 is 5.91 Å². The molecule has 2 saturated heterocycles. The standard InChI is InChI=1S/C19H22N2O4/c1-14-4-2-5-15(20-14)11-24-16-7-9-25-19(10-16)12-21(13-19)18(22)17-6-3-8-23-17/h2-6,8,16H,7,9-13H2,1H3. The molecule has 0 aliphatic carbocycles. The second-order valence-corrected chi connectivity index (χ2v) is 6.87. The maximum Gasteiger partial charge on any atom is 0.289 e. The first kappa shape index (κ1) is 16.3. The maximum atomic E-state index is 12.3. The molecular weight excluding hydrogens is 320 g/mol. The normalized spacial score (nSPS) is 22.0. The van der Waals surface area contributed by atoms with E-state index in [1.54, 1.807) is 17.0 Å². The Morgan fingerprint density at radius 2 is 2.24 bits per heavy atom. The van der Waals surface area contributed by atoms with E-state index in [1.165, 1.54) is 6.26 Å². The van der Waals surface area contributed by atoms with Gasteiger partial charge in [0.25, 0.3) is 5.91 Å². The van der Waals surface area contributed by atoms with Crippen LogP contribution in [0.4, 0.5) is 0 Å². The SMILES string of the molecule is Cc1cccc(COC2CCOC3(C2)CN(C(=O)c2ccco2)C3)n1. The molecule has 0 radical (unpaired) electrons. The molecule has 2 aromatic heterocycles. The predicted octanol–water partition coefficient (Wildman–Crippen LogP) is 2.57. The Morgan fingerprint density at radius 3 is 3.00 bits per heavy atom. The summed E-state index contributed by atoms with van der Waals surface area (Å²) in [6, 6.07) is 9.37. The van der Waals surface area contributed by atoms with Gasteiger partial charge in [0.05, 0.1) is 37.8 Å². The van der Waals surface area contributed by atoms with Crippen LogP contribution in [0.1, 0.15) is 34.8 Å². The number of hydrogen-bond acceptors (Lipinski definition) is 5. The number of carbonyl (C=O) groups is 1. The van der Waals surface area contributed by atoms with E-state index in [9.17, 15) is 4.79 Å². The number of hydrogen-bond donors (Lipinski definition) is 0. The molecule has 1 amide bonds. The molecule has 1 spiro atoms. The van der Waals surface area contributed by atoms with Gasteiger partial charge >= 0.3 is 0 Å². The summed E-state index contributed by atoms with van der Waals surface area (Å²) in [5.74, 6) is 0.301. The minimum Gasteiger partial charge on any atom is -0.459 e. The van der Waals surface area contributed by atoms with Gasteiger partial charge in [0.2, 0.25) is 0 Å². The summed E-state index contributed by atoms with van der Waals surface area (Å²) in [5, 5.41) is 0. The van der Waals surface area contributed by atoms with Gasteiger partial charge in [-0.15, -0.1) is 0 Å². The molecule has 6 nitrogen and oxygen atoms in total. The maximum absolute atomic E-state index is 12.3. The quantitative estimate of drug-likeness (QED) is 0.854. The number of ether oxygens (including phenoxy) is 2. The molecule has 4 rings (SSSR count). The first-order valence-corrected chi connectivity index (χ1v) is 8.64. The average Bonchev–Trinajstić information content (AvgIpc) is 3.12. The number of furan rings is 1. The van der Waals surface area contributed by atoms with Gasteiger partial charge in [-0.05, 0) is 37.6 Å². The molecule has 6 heteroatoms. The number of rotatable bonds is 4. The van der Waals surface area contributed by atoms with Crippen molar-refractivity contribution in [2.75, 3.05) is 19.7 Å². The molecule has 4 heterocycles. The van der Waals surface area contributed by atoms with Crippen molar-refractivity contribution in [2.45, 2.75) is 38.1 Å². The fraction of sp³-hybridized carbons (Fsp3) is 0.474. The van der Waals surface area contributed by atoms with E-state index < -0.39 is 0 Å². The Hall–Kier alpha value is -2.18. The first-order valence-electron chi connectivity index (χ1n) is 8.64. The molecular formula is C19H22N2O4. The van der Waals surface area contributed by atoms with Crippen LogP contribution < -0.4 is 0 Å². The van der Waals surface area contributed by atoms with E-state index in [-0.39, 0.29) is 17.6 Å². The van der Waals surface area contributed by atoms with E-state index in [2.05, 4.69) is 4.98 Å². The van der Waals surface area contributed by atoms with Crippen molar-refractivity contribution in [1.82, 2.24) is 9.88 Å². The highest BCUT2D eigenvalue weighted by atomic mass is 16.5. The summed E-state index contributed by atoms with van der Waals surface area (Å²) in [6.45, 7) is 4.34. The van der Waals surface area contributed by atoms with Gasteiger partial charge < -0.3 is 18.8 Å². The topological polar surface area (TPSA) is 64.8 Å². The number of carbonyl (C=O) groups excluding carboxylic acids is 1. The number of nitrogens with zero attached hydrogens (tertiary/aromatic N) is 2. The summed E-state index contributed by atoms with van der Waals surface area (Å²) in [4.78, 5) is 18.5. The van der Waals surface area contributed by atoms with Gasteiger partial charge in [-0.25, -0.2) is 0 Å². The summed E-state index contributed by atoms with van der Waals surface area (Å²) in [7, 11) is 0. The van der Waals surface area contributed by atoms with Crippen LogP contribution in [-0.2, 0) is 16.1 Å². The second kappa shape index (κ2) is 6.61. The van der Waals surface area contributed by atoms with Gasteiger partial charge in [-0.2, -0.15) is 0 Å². The van der Waals surface area contributed by atoms with Crippen LogP contribution in [0.25, 0.3) is 0 Å². The van der Waals surface area contributed by atoms with Crippen LogP contribution in [0, 0.1) is 6.92 Å². The van der Waals surface area contributed by atoms with Crippen LogP contribution in [0.2, 0.25) is 0 Å². The fourth-order valence-corrected chi connectivity index (χ4v) is 3.58. The minimum atomic E-state index is -0.273. The lowest BCUT2D eigenvalue weighted by Crippen LogP contribution is -2.67. The Morgan fingerprint density at radius 1 is 1.36 bits per heavy atom. The van der Waals surface area contributed by atoms with Crippen molar-refractivity contribution < 1.29 is 18.7 Å². The van der Waals surface area contributed by atoms with Gasteiger partial charge in [0.15, 0.2) is 5.76 Å². The molecule has 2 fully saturated rings. The Bertz CT molecular complexity index is 738. The highest BCUT2D eigenvalue weighted by molar-refractivity contribution is 5.92. The lowest BCUT2D eigenvalue weighted by Gasteiger charge is -2.52. The van der Waals surface area contributed by atoms with Crippen LogP contribution in [0.3, 0.4) is 0 Å². The average molecular weight is 342 g/mol. The Balaban J connectivity index is 1.31. The molecule has 132 valence electrons. The molecule has 0 saturated carbocycles. The number of likely N-dealkylation sites (tertiary alicyclic amines) is 1. The molecule has 2 aromatic rings. The Kier molecular flexibility index (Phi) is 4.31. The number of amides is 1. The monoisotopic (exact) mass is 342 g/mol. The van der Waals surface area contributed by atoms with Gasteiger partial charge in [-0.3, -0.25) is 9.78 Å². The molecule has 1 atom stereocenters. The van der Waals surface area contributed by atoms with Crippen molar-refractivity contribution in [1.29, 1.82) is 0 Å². The van der Waals surface area contributed by atoms with Crippen LogP contribution in [-0.4, -0.2) is 47.2 Å². The summed E-state index contributed by atoms with van der Waals surface area (Å²) < 4.78 is 17.2. The third-order valence-corrected chi connectivity index (χ3v) is 4.84. The van der Waals surface area contributed by atoms with E-state index in [4.69, 9.17) is 13.9 Å². The lowest BCUT2D eigenvalue weighted by atomic mass is 9.84. The third-order valence-electron chi connectivity index (χ3n) is 4.84. The number of aryl methyl sites for hydroxylation is 1. The zero-order valence-electron chi connectivity index (χ0n) is 14.3. The van der Waals surface area contributed by atoms with Gasteiger partial charge in [0, 0.05) is 18.7 Å². The van der Waals surface area contributed by atoms with E-state index in [0.717, 1.165) is 24.2 Å². The zero-order chi connectivity index (χ0) is 17.3. The number of aromatic nitrogens is 1. The van der Waals surface area contributed by atoms with Gasteiger partial charge in [-0.1, -0.05) is 6.07 Å². The summed E-state index contributed by atoms with van der Waals surface area (Å²) in [6.07, 6.45) is 3.33. The summed E-state index contributed by atoms with van der Waals surface area (Å²) >= 11 is 0. The van der Waals surface area contributed by atoms with Crippen molar-refractivity contribution in [3.63, 3.8) is 0 Å². The van der Waals surface area contributed by atoms with E-state index in [1.807, 2.05) is 25.1 Å². The highest BCUT2D eigenvalue weighted by Gasteiger charge is 2.50. The highest BCUT2D eigenvalue weighted by Crippen LogP contribution is 2.36. The van der Waals surface area contributed by atoms with Crippen LogP contribution >= 0.6 is 0 Å². The smallest absolute Gasteiger partial charge is 0.289 e. The predicted molar refractivity (Wildman–Crippen MR) is 90.1 cm³/mol. The van der Waals surface area contributed by atoms with Gasteiger partial charge in [0.1, 0.15) is 5.60 Å². The van der Waals surface area contributed by atoms with Crippen LogP contribution in [0.5, 0.6) is 0 Å². The molecule has 2 aliphatic rings. The second-order valence-electron chi connectivity index (χ2n) is 6.87. The zero-order valence-corrected chi connectivity index (χ0v) is 14.3. The fourth-order valence-electron chi connectivity index (χ4n) is 3.58.